The number of pyridine rings is 1. The molecular formula is C23H23FN6O5. The number of carbonyl (C=O) groups is 2. The van der Waals surface area contributed by atoms with Gasteiger partial charge in [-0.25, -0.2) is 18.5 Å². The maximum atomic E-state index is 15.2. The van der Waals surface area contributed by atoms with E-state index >= 15 is 4.39 Å². The van der Waals surface area contributed by atoms with Crippen LogP contribution in [0.25, 0.3) is 10.9 Å². The van der Waals surface area contributed by atoms with E-state index in [9.17, 15) is 19.2 Å². The summed E-state index contributed by atoms with van der Waals surface area (Å²) in [7, 11) is 0. The van der Waals surface area contributed by atoms with E-state index in [1.807, 2.05) is 0 Å². The molecule has 2 amide bonds. The number of halogens is 1. The summed E-state index contributed by atoms with van der Waals surface area (Å²) < 4.78 is 23.2. The lowest BCUT2D eigenvalue weighted by Crippen LogP contribution is -2.39. The molecule has 0 saturated carbocycles. The molecule has 1 saturated heterocycles. The van der Waals surface area contributed by atoms with Gasteiger partial charge in [0.15, 0.2) is 0 Å². The van der Waals surface area contributed by atoms with Crippen LogP contribution in [0, 0.1) is 5.82 Å². The minimum atomic E-state index is -0.614. The number of cyclic esters (lactones) is 1. The van der Waals surface area contributed by atoms with Crippen molar-refractivity contribution in [1.82, 2.24) is 19.7 Å². The molecule has 1 aromatic carbocycles. The summed E-state index contributed by atoms with van der Waals surface area (Å²) in [6, 6.07) is 7.63. The van der Waals surface area contributed by atoms with Gasteiger partial charge < -0.3 is 15.0 Å². The second kappa shape index (κ2) is 8.85. The van der Waals surface area contributed by atoms with Crippen molar-refractivity contribution in [3.8, 4) is 0 Å². The Labute approximate surface area is 198 Å². The molecule has 0 spiro atoms. The number of aromatic nitrogens is 3. The Kier molecular flexibility index (Phi) is 5.71. The van der Waals surface area contributed by atoms with Gasteiger partial charge in [-0.1, -0.05) is 0 Å². The first-order valence-electron chi connectivity index (χ1n) is 11.2. The number of nitrogens with one attached hydrogen (secondary N) is 1. The van der Waals surface area contributed by atoms with Gasteiger partial charge in [0.05, 0.1) is 42.9 Å². The van der Waals surface area contributed by atoms with Crippen molar-refractivity contribution < 1.29 is 18.7 Å². The number of benzene rings is 1. The van der Waals surface area contributed by atoms with E-state index in [1.54, 1.807) is 29.2 Å². The van der Waals surface area contributed by atoms with Gasteiger partial charge in [0.25, 0.3) is 11.1 Å². The van der Waals surface area contributed by atoms with E-state index in [4.69, 9.17) is 4.74 Å². The number of amides is 2. The zero-order chi connectivity index (χ0) is 24.7. The zero-order valence-electron chi connectivity index (χ0n) is 18.9. The van der Waals surface area contributed by atoms with Gasteiger partial charge in [-0.15, -0.1) is 0 Å². The third-order valence-corrected chi connectivity index (χ3v) is 6.20. The molecule has 2 aromatic heterocycles. The SMILES string of the molecule is CC(=O)NC[C@H]1CN(c2ccc(N3CCn4c(=O)c5cccnc5c(=O)n4CC3)c(F)c2)C(=O)O1. The van der Waals surface area contributed by atoms with Crippen LogP contribution in [0.15, 0.2) is 46.1 Å². The fraction of sp³-hybridized carbons (Fsp3) is 0.348. The van der Waals surface area contributed by atoms with Crippen LogP contribution < -0.4 is 26.2 Å². The normalized spacial score (nSPS) is 17.8. The molecule has 0 radical (unpaired) electrons. The Morgan fingerprint density at radius 2 is 1.86 bits per heavy atom. The highest BCUT2D eigenvalue weighted by molar-refractivity contribution is 5.90. The molecule has 0 aliphatic carbocycles. The molecule has 0 unspecified atom stereocenters. The number of ether oxygens (including phenoxy) is 1. The molecule has 1 atom stereocenters. The van der Waals surface area contributed by atoms with Crippen LogP contribution in [0.1, 0.15) is 6.92 Å². The van der Waals surface area contributed by atoms with E-state index < -0.39 is 18.0 Å². The first-order valence-corrected chi connectivity index (χ1v) is 11.2. The van der Waals surface area contributed by atoms with Gasteiger partial charge in [-0.3, -0.25) is 24.3 Å². The number of hydrogen-bond donors (Lipinski definition) is 1. The number of rotatable bonds is 4. The number of hydrogen-bond acceptors (Lipinski definition) is 7. The van der Waals surface area contributed by atoms with Crippen LogP contribution in [0.3, 0.4) is 0 Å². The van der Waals surface area contributed by atoms with E-state index in [1.165, 1.54) is 33.5 Å². The molecule has 2 aliphatic rings. The Hall–Kier alpha value is -4.22. The van der Waals surface area contributed by atoms with Crippen LogP contribution in [0.4, 0.5) is 20.6 Å². The smallest absolute Gasteiger partial charge is 0.414 e. The van der Waals surface area contributed by atoms with Gasteiger partial charge in [0.1, 0.15) is 17.4 Å². The first kappa shape index (κ1) is 22.6. The Morgan fingerprint density at radius 3 is 2.57 bits per heavy atom. The van der Waals surface area contributed by atoms with Crippen LogP contribution in [0.5, 0.6) is 0 Å². The molecule has 12 heteroatoms. The first-order chi connectivity index (χ1) is 16.8. The second-order valence-electron chi connectivity index (χ2n) is 8.43. The van der Waals surface area contributed by atoms with E-state index in [0.29, 0.717) is 24.5 Å². The molecule has 35 heavy (non-hydrogen) atoms. The third-order valence-electron chi connectivity index (χ3n) is 6.20. The lowest BCUT2D eigenvalue weighted by atomic mass is 10.2. The molecule has 0 bridgehead atoms. The monoisotopic (exact) mass is 482 g/mol. The summed E-state index contributed by atoms with van der Waals surface area (Å²) in [5.41, 5.74) is 0.0788. The summed E-state index contributed by atoms with van der Waals surface area (Å²) in [5.74, 6) is -0.776. The quantitative estimate of drug-likeness (QED) is 0.581. The van der Waals surface area contributed by atoms with Crippen molar-refractivity contribution >= 4 is 34.3 Å². The maximum Gasteiger partial charge on any atom is 0.414 e. The highest BCUT2D eigenvalue weighted by Gasteiger charge is 2.33. The summed E-state index contributed by atoms with van der Waals surface area (Å²) in [6.07, 6.45) is 0.330. The Morgan fingerprint density at radius 1 is 1.11 bits per heavy atom. The number of nitrogens with zero attached hydrogens (tertiary/aromatic N) is 5. The number of fused-ring (bicyclic) bond motifs is 2. The highest BCUT2D eigenvalue weighted by Crippen LogP contribution is 2.28. The van der Waals surface area contributed by atoms with Crippen molar-refractivity contribution in [2.75, 3.05) is 36.0 Å². The average Bonchev–Trinajstić information content (AvgIpc) is 3.07. The van der Waals surface area contributed by atoms with Gasteiger partial charge in [0.2, 0.25) is 5.91 Å². The summed E-state index contributed by atoms with van der Waals surface area (Å²) in [4.78, 5) is 56.3. The van der Waals surface area contributed by atoms with Crippen LogP contribution in [-0.4, -0.2) is 58.6 Å². The van der Waals surface area contributed by atoms with Crippen LogP contribution in [-0.2, 0) is 22.6 Å². The summed E-state index contributed by atoms with van der Waals surface area (Å²) >= 11 is 0. The minimum absolute atomic E-state index is 0.118. The molecule has 11 nitrogen and oxygen atoms in total. The zero-order valence-corrected chi connectivity index (χ0v) is 18.9. The topological polar surface area (TPSA) is 119 Å². The van der Waals surface area contributed by atoms with Gasteiger partial charge in [-0.2, -0.15) is 0 Å². The van der Waals surface area contributed by atoms with E-state index in [0.717, 1.165) is 0 Å². The second-order valence-corrected chi connectivity index (χ2v) is 8.43. The highest BCUT2D eigenvalue weighted by atomic mass is 19.1. The van der Waals surface area contributed by atoms with Crippen molar-refractivity contribution in [2.24, 2.45) is 0 Å². The van der Waals surface area contributed by atoms with Crippen molar-refractivity contribution in [2.45, 2.75) is 26.1 Å². The van der Waals surface area contributed by atoms with Crippen molar-refractivity contribution in [1.29, 1.82) is 0 Å². The van der Waals surface area contributed by atoms with Gasteiger partial charge in [-0.05, 0) is 30.3 Å². The fourth-order valence-corrected chi connectivity index (χ4v) is 4.47. The van der Waals surface area contributed by atoms with Gasteiger partial charge in [0, 0.05) is 26.2 Å². The predicted molar refractivity (Wildman–Crippen MR) is 125 cm³/mol. The lowest BCUT2D eigenvalue weighted by Gasteiger charge is -2.23. The number of anilines is 2. The lowest BCUT2D eigenvalue weighted by molar-refractivity contribution is -0.119. The molecule has 1 fully saturated rings. The predicted octanol–water partition coefficient (Wildman–Crippen LogP) is 0.679. The molecule has 3 aromatic rings. The number of carbonyl (C=O) groups excluding carboxylic acids is 2. The largest absolute Gasteiger partial charge is 0.442 e. The average molecular weight is 482 g/mol. The van der Waals surface area contributed by atoms with Crippen LogP contribution >= 0.6 is 0 Å². The Balaban J connectivity index is 1.36. The fourth-order valence-electron chi connectivity index (χ4n) is 4.47. The molecule has 2 aliphatic heterocycles. The minimum Gasteiger partial charge on any atom is -0.442 e. The standard InChI is InChI=1S/C23H23FN6O5/c1-14(31)26-12-16-13-28(23(34)35-16)15-4-5-19(18(24)11-15)27-7-9-29-21(32)17-3-2-6-25-20(17)22(33)30(29)10-8-27/h2-6,11,16H,7-10,12-13H2,1H3,(H,26,31)/t16-/m0/s1. The molecule has 4 heterocycles. The van der Waals surface area contributed by atoms with Crippen molar-refractivity contribution in [3.63, 3.8) is 0 Å². The molecule has 182 valence electrons. The summed E-state index contributed by atoms with van der Waals surface area (Å²) in [5, 5.41) is 2.86. The van der Waals surface area contributed by atoms with Crippen LogP contribution in [0.2, 0.25) is 0 Å². The third kappa shape index (κ3) is 4.11. The Bertz CT molecular complexity index is 1390. The summed E-state index contributed by atoms with van der Waals surface area (Å²) in [6.45, 7) is 2.73. The molecule has 5 rings (SSSR count). The maximum absolute atomic E-state index is 15.2. The van der Waals surface area contributed by atoms with E-state index in [2.05, 4.69) is 10.3 Å². The van der Waals surface area contributed by atoms with E-state index in [-0.39, 0.29) is 54.1 Å². The van der Waals surface area contributed by atoms with Crippen molar-refractivity contribution in [3.05, 3.63) is 63.1 Å². The molecular weight excluding hydrogens is 459 g/mol. The van der Waals surface area contributed by atoms with Gasteiger partial charge >= 0.3 is 6.09 Å². The molecule has 1 N–H and O–H groups in total.